The summed E-state index contributed by atoms with van der Waals surface area (Å²) in [7, 11) is 0. The summed E-state index contributed by atoms with van der Waals surface area (Å²) in [5, 5.41) is 0. The van der Waals surface area contributed by atoms with Crippen LogP contribution in [0.25, 0.3) is 0 Å². The van der Waals surface area contributed by atoms with Crippen LogP contribution in [0.5, 0.6) is 0 Å². The summed E-state index contributed by atoms with van der Waals surface area (Å²) in [5.74, 6) is 0. The van der Waals surface area contributed by atoms with Crippen LogP contribution >= 0.6 is 15.9 Å². The summed E-state index contributed by atoms with van der Waals surface area (Å²) in [6.45, 7) is 2.42. The Morgan fingerprint density at radius 1 is 1.67 bits per heavy atom. The number of aromatic nitrogens is 1. The molecule has 0 unspecified atom stereocenters. The number of aryl methyl sites for hydroxylation is 1. The van der Waals surface area contributed by atoms with E-state index >= 15 is 0 Å². The van der Waals surface area contributed by atoms with E-state index < -0.39 is 0 Å². The predicted molar refractivity (Wildman–Crippen MR) is 52.7 cm³/mol. The topological polar surface area (TPSA) is 64.9 Å². The second kappa shape index (κ2) is 3.98. The van der Waals surface area contributed by atoms with Crippen molar-refractivity contribution in [2.45, 2.75) is 13.0 Å². The first-order valence-corrected chi connectivity index (χ1v) is 4.52. The number of rotatable bonds is 2. The minimum absolute atomic E-state index is 0.156. The normalized spacial score (nSPS) is 13.0. The molecule has 0 aliphatic carbocycles. The molecule has 1 atom stereocenters. The molecule has 4 N–H and O–H groups in total. The predicted octanol–water partition coefficient (Wildman–Crippen LogP) is 1.11. The van der Waals surface area contributed by atoms with Gasteiger partial charge in [-0.15, -0.1) is 0 Å². The van der Waals surface area contributed by atoms with Gasteiger partial charge in [0, 0.05) is 17.2 Å². The fourth-order valence-corrected chi connectivity index (χ4v) is 1.10. The SMILES string of the molecule is Cc1cc([C@H](N)CN)ncc1Br. The minimum atomic E-state index is -0.156. The number of nitrogens with zero attached hydrogens (tertiary/aromatic N) is 1. The monoisotopic (exact) mass is 229 g/mol. The van der Waals surface area contributed by atoms with Crippen molar-refractivity contribution in [3.63, 3.8) is 0 Å². The van der Waals surface area contributed by atoms with Gasteiger partial charge in [0.1, 0.15) is 0 Å². The van der Waals surface area contributed by atoms with Crippen LogP contribution in [-0.4, -0.2) is 11.5 Å². The Balaban J connectivity index is 2.96. The average Bonchev–Trinajstić information content (AvgIpc) is 2.08. The molecule has 1 aromatic rings. The number of nitrogens with two attached hydrogens (primary N) is 2. The van der Waals surface area contributed by atoms with E-state index in [0.717, 1.165) is 15.7 Å². The van der Waals surface area contributed by atoms with Gasteiger partial charge in [-0.25, -0.2) is 0 Å². The molecular weight excluding hydrogens is 218 g/mol. The van der Waals surface area contributed by atoms with Crippen molar-refractivity contribution in [3.05, 3.63) is 28.0 Å². The molecule has 1 aromatic heterocycles. The molecule has 3 nitrogen and oxygen atoms in total. The first-order valence-electron chi connectivity index (χ1n) is 3.73. The first-order chi connectivity index (χ1) is 5.65. The van der Waals surface area contributed by atoms with Gasteiger partial charge >= 0.3 is 0 Å². The Morgan fingerprint density at radius 3 is 2.83 bits per heavy atom. The molecule has 0 fully saturated rings. The van der Waals surface area contributed by atoms with Crippen LogP contribution < -0.4 is 11.5 Å². The zero-order valence-corrected chi connectivity index (χ0v) is 8.51. The van der Waals surface area contributed by atoms with Crippen molar-refractivity contribution in [3.8, 4) is 0 Å². The average molecular weight is 230 g/mol. The molecule has 0 aromatic carbocycles. The van der Waals surface area contributed by atoms with Crippen molar-refractivity contribution < 1.29 is 0 Å². The van der Waals surface area contributed by atoms with Gasteiger partial charge in [0.2, 0.25) is 0 Å². The maximum atomic E-state index is 5.71. The Bertz CT molecular complexity index is 275. The lowest BCUT2D eigenvalue weighted by molar-refractivity contribution is 0.709. The first kappa shape index (κ1) is 9.64. The lowest BCUT2D eigenvalue weighted by Crippen LogP contribution is -2.21. The Morgan fingerprint density at radius 2 is 2.33 bits per heavy atom. The van der Waals surface area contributed by atoms with E-state index in [4.69, 9.17) is 11.5 Å². The number of hydrogen-bond acceptors (Lipinski definition) is 3. The van der Waals surface area contributed by atoms with Crippen molar-refractivity contribution >= 4 is 15.9 Å². The molecule has 66 valence electrons. The molecule has 1 heterocycles. The third kappa shape index (κ3) is 2.03. The summed E-state index contributed by atoms with van der Waals surface area (Å²) >= 11 is 3.37. The van der Waals surface area contributed by atoms with E-state index in [9.17, 15) is 0 Å². The fourth-order valence-electron chi connectivity index (χ4n) is 0.885. The molecule has 4 heteroatoms. The Kier molecular flexibility index (Phi) is 3.20. The van der Waals surface area contributed by atoms with Gasteiger partial charge < -0.3 is 11.5 Å². The van der Waals surface area contributed by atoms with Gasteiger partial charge in [-0.2, -0.15) is 0 Å². The van der Waals surface area contributed by atoms with Crippen LogP contribution in [0.4, 0.5) is 0 Å². The van der Waals surface area contributed by atoms with Gasteiger partial charge in [0.15, 0.2) is 0 Å². The molecule has 12 heavy (non-hydrogen) atoms. The van der Waals surface area contributed by atoms with Crippen molar-refractivity contribution in [2.75, 3.05) is 6.54 Å². The Hall–Kier alpha value is -0.450. The second-order valence-electron chi connectivity index (χ2n) is 2.70. The van der Waals surface area contributed by atoms with Crippen molar-refractivity contribution in [1.82, 2.24) is 4.98 Å². The molecule has 0 bridgehead atoms. The van der Waals surface area contributed by atoms with Crippen LogP contribution in [0.3, 0.4) is 0 Å². The molecule has 1 rings (SSSR count). The highest BCUT2D eigenvalue weighted by atomic mass is 79.9. The highest BCUT2D eigenvalue weighted by Crippen LogP contribution is 2.16. The van der Waals surface area contributed by atoms with E-state index in [0.29, 0.717) is 6.54 Å². The molecule has 0 aliphatic rings. The van der Waals surface area contributed by atoms with Crippen LogP contribution in [0.15, 0.2) is 16.7 Å². The maximum Gasteiger partial charge on any atom is 0.0594 e. The van der Waals surface area contributed by atoms with Crippen LogP contribution in [0.1, 0.15) is 17.3 Å². The Labute approximate surface area is 80.3 Å². The lowest BCUT2D eigenvalue weighted by atomic mass is 10.1. The fraction of sp³-hybridized carbons (Fsp3) is 0.375. The maximum absolute atomic E-state index is 5.71. The van der Waals surface area contributed by atoms with Crippen LogP contribution in [0.2, 0.25) is 0 Å². The van der Waals surface area contributed by atoms with E-state index in [1.807, 2.05) is 13.0 Å². The van der Waals surface area contributed by atoms with Gasteiger partial charge in [0.05, 0.1) is 11.7 Å². The van der Waals surface area contributed by atoms with Crippen LogP contribution in [-0.2, 0) is 0 Å². The number of hydrogen-bond donors (Lipinski definition) is 2. The van der Waals surface area contributed by atoms with E-state index in [1.165, 1.54) is 0 Å². The van der Waals surface area contributed by atoms with Crippen molar-refractivity contribution in [2.24, 2.45) is 11.5 Å². The summed E-state index contributed by atoms with van der Waals surface area (Å²) in [4.78, 5) is 4.16. The minimum Gasteiger partial charge on any atom is -0.329 e. The molecule has 0 amide bonds. The molecule has 0 spiro atoms. The third-order valence-corrected chi connectivity index (χ3v) is 2.53. The summed E-state index contributed by atoms with van der Waals surface area (Å²) < 4.78 is 0.996. The van der Waals surface area contributed by atoms with Gasteiger partial charge in [-0.1, -0.05) is 0 Å². The van der Waals surface area contributed by atoms with Gasteiger partial charge in [-0.05, 0) is 34.5 Å². The smallest absolute Gasteiger partial charge is 0.0594 e. The summed E-state index contributed by atoms with van der Waals surface area (Å²) in [5.41, 5.74) is 13.1. The second-order valence-corrected chi connectivity index (χ2v) is 3.55. The largest absolute Gasteiger partial charge is 0.329 e. The molecule has 0 saturated carbocycles. The lowest BCUT2D eigenvalue weighted by Gasteiger charge is -2.08. The van der Waals surface area contributed by atoms with E-state index in [-0.39, 0.29) is 6.04 Å². The zero-order chi connectivity index (χ0) is 9.14. The zero-order valence-electron chi connectivity index (χ0n) is 6.92. The number of halogens is 1. The third-order valence-electron chi connectivity index (χ3n) is 1.70. The number of pyridine rings is 1. The van der Waals surface area contributed by atoms with Crippen molar-refractivity contribution in [1.29, 1.82) is 0 Å². The van der Waals surface area contributed by atoms with Gasteiger partial charge in [0.25, 0.3) is 0 Å². The van der Waals surface area contributed by atoms with E-state index in [2.05, 4.69) is 20.9 Å². The molecule has 0 aliphatic heterocycles. The summed E-state index contributed by atoms with van der Waals surface area (Å²) in [6, 6.07) is 1.79. The standard InChI is InChI=1S/C8H12BrN3/c1-5-2-8(7(11)3-10)12-4-6(5)9/h2,4,7H,3,10-11H2,1H3/t7-/m1/s1. The molecule has 0 radical (unpaired) electrons. The highest BCUT2D eigenvalue weighted by Gasteiger charge is 2.05. The summed E-state index contributed by atoms with van der Waals surface area (Å²) in [6.07, 6.45) is 1.75. The van der Waals surface area contributed by atoms with Gasteiger partial charge in [-0.3, -0.25) is 4.98 Å². The van der Waals surface area contributed by atoms with Crippen LogP contribution in [0, 0.1) is 6.92 Å². The van der Waals surface area contributed by atoms with E-state index in [1.54, 1.807) is 6.20 Å². The molecular formula is C8H12BrN3. The quantitative estimate of drug-likeness (QED) is 0.799. The highest BCUT2D eigenvalue weighted by molar-refractivity contribution is 9.10. The molecule has 0 saturated heterocycles.